The summed E-state index contributed by atoms with van der Waals surface area (Å²) in [6.45, 7) is 15.3. The van der Waals surface area contributed by atoms with Gasteiger partial charge in [0.05, 0.1) is 18.8 Å². The van der Waals surface area contributed by atoms with Crippen molar-refractivity contribution in [3.63, 3.8) is 0 Å². The summed E-state index contributed by atoms with van der Waals surface area (Å²) in [7, 11) is 0. The third-order valence-electron chi connectivity index (χ3n) is 15.2. The van der Waals surface area contributed by atoms with Crippen LogP contribution in [0.15, 0.2) is 0 Å². The summed E-state index contributed by atoms with van der Waals surface area (Å²) in [5.74, 6) is 1.07. The summed E-state index contributed by atoms with van der Waals surface area (Å²) in [6.07, 6.45) is 5.02. The Labute approximate surface area is 314 Å². The van der Waals surface area contributed by atoms with Crippen molar-refractivity contribution < 1.29 is 57.1 Å². The van der Waals surface area contributed by atoms with E-state index in [0.29, 0.717) is 41.4 Å². The zero-order valence-electron chi connectivity index (χ0n) is 33.0. The van der Waals surface area contributed by atoms with Crippen molar-refractivity contribution in [1.29, 1.82) is 0 Å². The molecular weight excluding hydrogens is 684 g/mol. The first-order valence-electron chi connectivity index (χ1n) is 20.3. The maximum absolute atomic E-state index is 12.4. The molecule has 298 valence electrons. The van der Waals surface area contributed by atoms with Crippen LogP contribution >= 0.6 is 0 Å². The van der Waals surface area contributed by atoms with Crippen LogP contribution in [0.1, 0.15) is 120 Å². The first-order valence-corrected chi connectivity index (χ1v) is 20.3. The minimum Gasteiger partial charge on any atom is -0.463 e. The molecule has 4 saturated carbocycles. The average Bonchev–Trinajstić information content (AvgIpc) is 3.53. The first-order chi connectivity index (χ1) is 25.0. The van der Waals surface area contributed by atoms with E-state index >= 15 is 0 Å². The minimum atomic E-state index is -1.24. The fraction of sp³-hybridized carbons (Fsp3) is 0.902. The van der Waals surface area contributed by atoms with Gasteiger partial charge in [-0.15, -0.1) is 0 Å². The van der Waals surface area contributed by atoms with Crippen LogP contribution in [0.5, 0.6) is 0 Å². The van der Waals surface area contributed by atoms with Crippen LogP contribution in [0.2, 0.25) is 0 Å². The smallest absolute Gasteiger partial charge is 0.303 e. The molecule has 3 heterocycles. The Kier molecular flexibility index (Phi) is 10.8. The lowest BCUT2D eigenvalue weighted by Gasteiger charge is -2.61. The number of hydrogen-bond donors (Lipinski definition) is 0. The molecule has 12 nitrogen and oxygen atoms in total. The van der Waals surface area contributed by atoms with E-state index in [1.165, 1.54) is 53.4 Å². The Morgan fingerprint density at radius 3 is 2.06 bits per heavy atom. The number of hydrogen-bond acceptors (Lipinski definition) is 12. The molecule has 3 saturated heterocycles. The molecule has 1 spiro atoms. The second-order valence-corrected chi connectivity index (χ2v) is 18.3. The summed E-state index contributed by atoms with van der Waals surface area (Å²) in [5, 5.41) is 0. The van der Waals surface area contributed by atoms with Crippen LogP contribution in [0.4, 0.5) is 0 Å². The molecule has 0 N–H and O–H groups in total. The van der Waals surface area contributed by atoms with E-state index in [-0.39, 0.29) is 29.6 Å². The summed E-state index contributed by atoms with van der Waals surface area (Å²) in [5.41, 5.74) is 0.444. The van der Waals surface area contributed by atoms with Gasteiger partial charge in [0.1, 0.15) is 12.7 Å². The van der Waals surface area contributed by atoms with Crippen molar-refractivity contribution in [2.45, 2.75) is 168 Å². The van der Waals surface area contributed by atoms with Gasteiger partial charge in [-0.05, 0) is 104 Å². The summed E-state index contributed by atoms with van der Waals surface area (Å²) in [4.78, 5) is 48.6. The highest BCUT2D eigenvalue weighted by atomic mass is 16.7. The maximum Gasteiger partial charge on any atom is 0.303 e. The molecular formula is C41H62O12. The molecule has 3 aliphatic heterocycles. The molecule has 7 rings (SSSR count). The second-order valence-electron chi connectivity index (χ2n) is 18.3. The zero-order valence-corrected chi connectivity index (χ0v) is 33.0. The van der Waals surface area contributed by atoms with Crippen molar-refractivity contribution in [1.82, 2.24) is 0 Å². The van der Waals surface area contributed by atoms with Gasteiger partial charge >= 0.3 is 23.9 Å². The average molecular weight is 747 g/mol. The van der Waals surface area contributed by atoms with Crippen molar-refractivity contribution in [2.75, 3.05) is 13.2 Å². The van der Waals surface area contributed by atoms with Crippen molar-refractivity contribution >= 4 is 23.9 Å². The fourth-order valence-corrected chi connectivity index (χ4v) is 12.8. The lowest BCUT2D eigenvalue weighted by Crippen LogP contribution is -2.63. The summed E-state index contributed by atoms with van der Waals surface area (Å²) >= 11 is 0. The second kappa shape index (κ2) is 14.7. The van der Waals surface area contributed by atoms with Gasteiger partial charge in [0.15, 0.2) is 30.4 Å². The predicted octanol–water partition coefficient (Wildman–Crippen LogP) is 5.90. The number of rotatable bonds is 7. The Hall–Kier alpha value is -2.28. The highest BCUT2D eigenvalue weighted by Gasteiger charge is 2.69. The van der Waals surface area contributed by atoms with E-state index in [4.69, 9.17) is 37.9 Å². The molecule has 0 bridgehead atoms. The largest absolute Gasteiger partial charge is 0.463 e. The van der Waals surface area contributed by atoms with E-state index in [2.05, 4.69) is 27.7 Å². The molecule has 0 radical (unpaired) electrons. The number of ether oxygens (including phenoxy) is 8. The van der Waals surface area contributed by atoms with Gasteiger partial charge in [-0.1, -0.05) is 27.7 Å². The molecule has 7 aliphatic rings. The third kappa shape index (κ3) is 7.05. The molecule has 0 aromatic heterocycles. The highest BCUT2D eigenvalue weighted by Crippen LogP contribution is 2.71. The van der Waals surface area contributed by atoms with E-state index in [1.54, 1.807) is 0 Å². The lowest BCUT2D eigenvalue weighted by atomic mass is 9.44. The standard InChI is InChI=1S/C41H62O12/c1-21-11-16-41(47-19-21)22(2)34-32(53-41)18-31-29-10-9-27-17-28(12-14-39(27,7)30(29)13-15-40(31,34)8)51-38-37(50-26(6)45)36(49-25(5)44)35(48-24(4)43)33(52-38)20-46-23(3)42/h21-22,27-38H,9-20H2,1-8H3. The number of fused-ring (bicyclic) bond motifs is 7. The third-order valence-corrected chi connectivity index (χ3v) is 15.2. The zero-order chi connectivity index (χ0) is 38.0. The quantitative estimate of drug-likeness (QED) is 0.174. The molecule has 53 heavy (non-hydrogen) atoms. The topological polar surface area (TPSA) is 142 Å². The summed E-state index contributed by atoms with van der Waals surface area (Å²) in [6, 6.07) is 0. The number of carbonyl (C=O) groups excluding carboxylic acids is 4. The van der Waals surface area contributed by atoms with Crippen LogP contribution in [0.3, 0.4) is 0 Å². The predicted molar refractivity (Wildman–Crippen MR) is 189 cm³/mol. The minimum absolute atomic E-state index is 0.180. The van der Waals surface area contributed by atoms with E-state index in [0.717, 1.165) is 45.1 Å². The van der Waals surface area contributed by atoms with Crippen molar-refractivity contribution in [2.24, 2.45) is 52.3 Å². The van der Waals surface area contributed by atoms with Gasteiger partial charge < -0.3 is 37.9 Å². The van der Waals surface area contributed by atoms with Gasteiger partial charge in [0.2, 0.25) is 0 Å². The van der Waals surface area contributed by atoms with Gasteiger partial charge in [0.25, 0.3) is 0 Å². The molecule has 17 unspecified atom stereocenters. The summed E-state index contributed by atoms with van der Waals surface area (Å²) < 4.78 is 48.7. The van der Waals surface area contributed by atoms with Gasteiger partial charge in [-0.25, -0.2) is 0 Å². The molecule has 4 aliphatic carbocycles. The van der Waals surface area contributed by atoms with Crippen molar-refractivity contribution in [3.8, 4) is 0 Å². The maximum atomic E-state index is 12.4. The molecule has 17 atom stereocenters. The molecule has 7 fully saturated rings. The number of carbonyl (C=O) groups is 4. The highest BCUT2D eigenvalue weighted by molar-refractivity contribution is 5.68. The van der Waals surface area contributed by atoms with Crippen LogP contribution in [-0.2, 0) is 57.1 Å². The van der Waals surface area contributed by atoms with Gasteiger partial charge in [0, 0.05) is 40.0 Å². The Balaban J connectivity index is 1.05. The number of esters is 4. The van der Waals surface area contributed by atoms with Crippen LogP contribution in [0.25, 0.3) is 0 Å². The van der Waals surface area contributed by atoms with Gasteiger partial charge in [-0.2, -0.15) is 0 Å². The first kappa shape index (κ1) is 39.0. The monoisotopic (exact) mass is 746 g/mol. The van der Waals surface area contributed by atoms with Crippen LogP contribution in [0, 0.1) is 52.3 Å². The van der Waals surface area contributed by atoms with Crippen LogP contribution in [-0.4, -0.2) is 85.8 Å². The normalized spacial score (nSPS) is 48.8. The Bertz CT molecular complexity index is 1410. The SMILES string of the molecule is CC(=O)OCC1OC(OC2CCC3(C)C(CCC4C3CCC3(C)C4CC4OC5(CCC(C)CO5)C(C)C43)C2)C(OC(C)=O)C(OC(C)=O)C1OC(C)=O. The van der Waals surface area contributed by atoms with E-state index in [9.17, 15) is 19.2 Å². The molecule has 0 aromatic rings. The van der Waals surface area contributed by atoms with Crippen LogP contribution < -0.4 is 0 Å². The lowest BCUT2D eigenvalue weighted by molar-refractivity contribution is -0.321. The fourth-order valence-electron chi connectivity index (χ4n) is 12.8. The van der Waals surface area contributed by atoms with E-state index < -0.39 is 60.4 Å². The Morgan fingerprint density at radius 1 is 0.717 bits per heavy atom. The Morgan fingerprint density at radius 2 is 1.40 bits per heavy atom. The van der Waals surface area contributed by atoms with Crippen molar-refractivity contribution in [3.05, 3.63) is 0 Å². The van der Waals surface area contributed by atoms with Gasteiger partial charge in [-0.3, -0.25) is 19.2 Å². The molecule has 0 aromatic carbocycles. The molecule has 0 amide bonds. The van der Waals surface area contributed by atoms with E-state index in [1.807, 2.05) is 0 Å². The molecule has 12 heteroatoms.